The third-order valence-corrected chi connectivity index (χ3v) is 4.45. The highest BCUT2D eigenvalue weighted by Gasteiger charge is 2.52. The molecular formula is C15H14N4O3. The van der Waals surface area contributed by atoms with E-state index < -0.39 is 5.41 Å². The van der Waals surface area contributed by atoms with Gasteiger partial charge in [-0.1, -0.05) is 12.1 Å². The van der Waals surface area contributed by atoms with Gasteiger partial charge in [0.25, 0.3) is 0 Å². The molecule has 2 aliphatic rings. The smallest absolute Gasteiger partial charge is 0.235 e. The Morgan fingerprint density at radius 3 is 2.77 bits per heavy atom. The van der Waals surface area contributed by atoms with Crippen LogP contribution < -0.4 is 10.2 Å². The number of carbonyl (C=O) groups is 3. The van der Waals surface area contributed by atoms with E-state index in [1.54, 1.807) is 0 Å². The number of rotatable bonds is 1. The molecule has 0 saturated carbocycles. The number of nitrogens with one attached hydrogen (secondary N) is 2. The summed E-state index contributed by atoms with van der Waals surface area (Å²) in [7, 11) is 0. The van der Waals surface area contributed by atoms with E-state index in [0.717, 1.165) is 11.0 Å². The average Bonchev–Trinajstić information content (AvgIpc) is 3.05. The van der Waals surface area contributed by atoms with Gasteiger partial charge in [-0.25, -0.2) is 4.98 Å². The summed E-state index contributed by atoms with van der Waals surface area (Å²) < 4.78 is 0. The predicted molar refractivity (Wildman–Crippen MR) is 77.9 cm³/mol. The summed E-state index contributed by atoms with van der Waals surface area (Å²) in [6.45, 7) is 0.255. The van der Waals surface area contributed by atoms with Crippen molar-refractivity contribution in [1.82, 2.24) is 15.3 Å². The molecule has 4 rings (SSSR count). The Labute approximate surface area is 125 Å². The standard InChI is InChI=1S/C15H14N4O3/c20-11-5-6-15(13(22)18-11)7-12(21)19(8-15)14-16-9-3-1-2-4-10(9)17-14/h1-4H,5-8H2,(H,16,17)(H,18,20,22). The van der Waals surface area contributed by atoms with Crippen LogP contribution in [0, 0.1) is 5.41 Å². The van der Waals surface area contributed by atoms with E-state index in [1.807, 2.05) is 24.3 Å². The lowest BCUT2D eigenvalue weighted by molar-refractivity contribution is -0.142. The van der Waals surface area contributed by atoms with E-state index in [0.29, 0.717) is 12.4 Å². The number of aromatic amines is 1. The second-order valence-corrected chi connectivity index (χ2v) is 5.89. The molecule has 0 aliphatic carbocycles. The Balaban J connectivity index is 1.67. The van der Waals surface area contributed by atoms with Gasteiger partial charge in [-0.3, -0.25) is 24.6 Å². The average molecular weight is 298 g/mol. The first-order chi connectivity index (χ1) is 10.6. The maximum Gasteiger partial charge on any atom is 0.235 e. The van der Waals surface area contributed by atoms with Gasteiger partial charge in [-0.2, -0.15) is 0 Å². The van der Waals surface area contributed by atoms with E-state index in [1.165, 1.54) is 4.90 Å². The van der Waals surface area contributed by atoms with Crippen molar-refractivity contribution < 1.29 is 14.4 Å². The van der Waals surface area contributed by atoms with Crippen molar-refractivity contribution in [3.05, 3.63) is 24.3 Å². The van der Waals surface area contributed by atoms with Crippen LogP contribution in [0.2, 0.25) is 0 Å². The van der Waals surface area contributed by atoms with Gasteiger partial charge in [0.1, 0.15) is 0 Å². The number of fused-ring (bicyclic) bond motifs is 1. The number of imidazole rings is 1. The lowest BCUT2D eigenvalue weighted by atomic mass is 9.79. The SMILES string of the molecule is O=C1CCC2(CC(=O)N(c3nc4ccccc4[nH]3)C2)C(=O)N1. The highest BCUT2D eigenvalue weighted by atomic mass is 16.2. The first-order valence-electron chi connectivity index (χ1n) is 7.17. The number of hydrogen-bond donors (Lipinski definition) is 2. The van der Waals surface area contributed by atoms with Crippen LogP contribution >= 0.6 is 0 Å². The zero-order chi connectivity index (χ0) is 15.3. The largest absolute Gasteiger partial charge is 0.324 e. The Morgan fingerprint density at radius 1 is 1.18 bits per heavy atom. The van der Waals surface area contributed by atoms with Crippen molar-refractivity contribution >= 4 is 34.7 Å². The molecule has 3 amide bonds. The van der Waals surface area contributed by atoms with Gasteiger partial charge in [0.15, 0.2) is 0 Å². The number of amides is 3. The van der Waals surface area contributed by atoms with E-state index >= 15 is 0 Å². The quantitative estimate of drug-likeness (QED) is 0.758. The first kappa shape index (κ1) is 13.0. The molecule has 0 radical (unpaired) electrons. The molecule has 22 heavy (non-hydrogen) atoms. The minimum atomic E-state index is -0.816. The molecule has 7 nitrogen and oxygen atoms in total. The number of aromatic nitrogens is 2. The molecule has 3 heterocycles. The molecule has 0 bridgehead atoms. The zero-order valence-corrected chi connectivity index (χ0v) is 11.8. The molecule has 7 heteroatoms. The fourth-order valence-corrected chi connectivity index (χ4v) is 3.20. The molecule has 112 valence electrons. The van der Waals surface area contributed by atoms with Crippen molar-refractivity contribution in [3.63, 3.8) is 0 Å². The van der Waals surface area contributed by atoms with Crippen molar-refractivity contribution in [2.24, 2.45) is 5.41 Å². The maximum absolute atomic E-state index is 12.4. The third-order valence-electron chi connectivity index (χ3n) is 4.45. The molecule has 1 atom stereocenters. The number of piperidine rings is 1. The number of nitrogens with zero attached hydrogens (tertiary/aromatic N) is 2. The summed E-state index contributed by atoms with van der Waals surface area (Å²) in [6.07, 6.45) is 0.788. The summed E-state index contributed by atoms with van der Waals surface area (Å²) in [5, 5.41) is 2.34. The molecule has 1 spiro atoms. The van der Waals surface area contributed by atoms with Gasteiger partial charge in [-0.05, 0) is 18.6 Å². The van der Waals surface area contributed by atoms with Crippen LogP contribution in [0.1, 0.15) is 19.3 Å². The van der Waals surface area contributed by atoms with Gasteiger partial charge in [0, 0.05) is 19.4 Å². The molecule has 2 aromatic rings. The van der Waals surface area contributed by atoms with Crippen molar-refractivity contribution in [2.45, 2.75) is 19.3 Å². The number of H-pyrrole nitrogens is 1. The number of carbonyl (C=O) groups excluding carboxylic acids is 3. The first-order valence-corrected chi connectivity index (χ1v) is 7.17. The Morgan fingerprint density at radius 2 is 2.00 bits per heavy atom. The van der Waals surface area contributed by atoms with Crippen molar-refractivity contribution in [1.29, 1.82) is 0 Å². The second kappa shape index (κ2) is 4.40. The second-order valence-electron chi connectivity index (χ2n) is 5.89. The van der Waals surface area contributed by atoms with Crippen molar-refractivity contribution in [2.75, 3.05) is 11.4 Å². The Hall–Kier alpha value is -2.70. The summed E-state index contributed by atoms with van der Waals surface area (Å²) >= 11 is 0. The van der Waals surface area contributed by atoms with Crippen LogP contribution in [0.3, 0.4) is 0 Å². The highest BCUT2D eigenvalue weighted by molar-refractivity contribution is 6.07. The van der Waals surface area contributed by atoms with Crippen molar-refractivity contribution in [3.8, 4) is 0 Å². The lowest BCUT2D eigenvalue weighted by Gasteiger charge is -2.30. The van der Waals surface area contributed by atoms with Crippen LogP contribution in [0.4, 0.5) is 5.95 Å². The molecule has 2 fully saturated rings. The van der Waals surface area contributed by atoms with Crippen LogP contribution in [-0.2, 0) is 14.4 Å². The number of para-hydroxylation sites is 2. The van der Waals surface area contributed by atoms with Gasteiger partial charge in [-0.15, -0.1) is 0 Å². The summed E-state index contributed by atoms with van der Waals surface area (Å²) in [5.41, 5.74) is 0.799. The monoisotopic (exact) mass is 298 g/mol. The Kier molecular flexibility index (Phi) is 2.60. The van der Waals surface area contributed by atoms with Crippen LogP contribution in [-0.4, -0.2) is 34.2 Å². The summed E-state index contributed by atoms with van der Waals surface area (Å²) in [6, 6.07) is 7.50. The maximum atomic E-state index is 12.4. The molecule has 1 aromatic heterocycles. The van der Waals surface area contributed by atoms with Crippen LogP contribution in [0.25, 0.3) is 11.0 Å². The molecule has 1 unspecified atom stereocenters. The zero-order valence-electron chi connectivity index (χ0n) is 11.8. The minimum Gasteiger partial charge on any atom is -0.324 e. The fraction of sp³-hybridized carbons (Fsp3) is 0.333. The minimum absolute atomic E-state index is 0.114. The topological polar surface area (TPSA) is 95.2 Å². The summed E-state index contributed by atoms with van der Waals surface area (Å²) in [5.74, 6) is -0.322. The molecule has 2 saturated heterocycles. The third kappa shape index (κ3) is 1.82. The van der Waals surface area contributed by atoms with Gasteiger partial charge < -0.3 is 4.98 Å². The van der Waals surface area contributed by atoms with E-state index in [-0.39, 0.29) is 37.1 Å². The van der Waals surface area contributed by atoms with Gasteiger partial charge in [0.2, 0.25) is 23.7 Å². The normalized spacial score (nSPS) is 25.3. The Bertz CT molecular complexity index is 779. The van der Waals surface area contributed by atoms with E-state index in [9.17, 15) is 14.4 Å². The molecular weight excluding hydrogens is 284 g/mol. The van der Waals surface area contributed by atoms with E-state index in [2.05, 4.69) is 15.3 Å². The number of hydrogen-bond acceptors (Lipinski definition) is 4. The number of benzene rings is 1. The summed E-state index contributed by atoms with van der Waals surface area (Å²) in [4.78, 5) is 44.9. The molecule has 2 aliphatic heterocycles. The lowest BCUT2D eigenvalue weighted by Crippen LogP contribution is -2.50. The molecule has 1 aromatic carbocycles. The fourth-order valence-electron chi connectivity index (χ4n) is 3.20. The van der Waals surface area contributed by atoms with Crippen LogP contribution in [0.5, 0.6) is 0 Å². The number of anilines is 1. The predicted octanol–water partition coefficient (Wildman–Crippen LogP) is 0.723. The van der Waals surface area contributed by atoms with Crippen LogP contribution in [0.15, 0.2) is 24.3 Å². The number of imide groups is 1. The molecule has 2 N–H and O–H groups in total. The highest BCUT2D eigenvalue weighted by Crippen LogP contribution is 2.39. The van der Waals surface area contributed by atoms with Gasteiger partial charge >= 0.3 is 0 Å². The van der Waals surface area contributed by atoms with Gasteiger partial charge in [0.05, 0.1) is 16.4 Å². The van der Waals surface area contributed by atoms with E-state index in [4.69, 9.17) is 0 Å².